The van der Waals surface area contributed by atoms with Crippen LogP contribution in [0.15, 0.2) is 5.38 Å². The highest BCUT2D eigenvalue weighted by molar-refractivity contribution is 7.09. The van der Waals surface area contributed by atoms with E-state index < -0.39 is 43.0 Å². The zero-order chi connectivity index (χ0) is 36.5. The highest BCUT2D eigenvalue weighted by atomic mass is 32.1. The monoisotopic (exact) mass is 711 g/mol. The molecule has 0 radical (unpaired) electrons. The first-order valence-corrected chi connectivity index (χ1v) is 18.9. The molecule has 1 fully saturated rings. The quantitative estimate of drug-likeness (QED) is 0.107. The largest absolute Gasteiger partial charge is 0.461 e. The SMILES string of the molecule is CCCCCCN(C(=O)C(NC(=O)[C@H]1CCCCN1C)C(C)CC)C(CC(OC(=O)NCC(O)CO)c1nc(C(=O)OCC)cs1)C(C)C. The number of esters is 1. The molecule has 1 aliphatic heterocycles. The molecule has 0 aliphatic carbocycles. The molecule has 14 heteroatoms. The van der Waals surface area contributed by atoms with E-state index in [1.54, 1.807) is 12.3 Å². The van der Waals surface area contributed by atoms with Crippen molar-refractivity contribution in [1.29, 1.82) is 0 Å². The van der Waals surface area contributed by atoms with Crippen LogP contribution in [0.3, 0.4) is 0 Å². The van der Waals surface area contributed by atoms with Crippen LogP contribution in [0.2, 0.25) is 0 Å². The van der Waals surface area contributed by atoms with Crippen molar-refractivity contribution in [2.24, 2.45) is 11.8 Å². The van der Waals surface area contributed by atoms with Crippen molar-refractivity contribution in [3.05, 3.63) is 16.1 Å². The van der Waals surface area contributed by atoms with Crippen molar-refractivity contribution >= 4 is 35.2 Å². The van der Waals surface area contributed by atoms with Crippen molar-refractivity contribution in [2.75, 3.05) is 39.9 Å². The van der Waals surface area contributed by atoms with Crippen molar-refractivity contribution in [3.8, 4) is 0 Å². The molecular formula is C35H61N5O8S. The number of thiazole rings is 1. The van der Waals surface area contributed by atoms with Gasteiger partial charge >= 0.3 is 12.1 Å². The number of hydrogen-bond donors (Lipinski definition) is 4. The van der Waals surface area contributed by atoms with Gasteiger partial charge < -0.3 is 35.2 Å². The minimum absolute atomic E-state index is 0.0808. The molecule has 4 N–H and O–H groups in total. The molecule has 2 heterocycles. The standard InChI is InChI=1S/C35H61N5O8S/c1-8-11-12-14-18-40(33(44)30(24(6)9-2)38-31(43)27-16-13-15-17-39(27)7)28(23(4)5)19-29(48-35(46)36-20-25(42)21-41)32-37-26(22-49-32)34(45)47-10-3/h22-25,27-30,41-42H,8-21H2,1-7H3,(H,36,46)(H,38,43)/t24?,25?,27-,28?,29?,30?/m1/s1. The van der Waals surface area contributed by atoms with E-state index in [-0.39, 0.29) is 55.0 Å². The van der Waals surface area contributed by atoms with Crippen molar-refractivity contribution in [1.82, 2.24) is 25.4 Å². The molecule has 13 nitrogen and oxygen atoms in total. The molecule has 0 bridgehead atoms. The van der Waals surface area contributed by atoms with Crippen LogP contribution in [0.1, 0.15) is 121 Å². The van der Waals surface area contributed by atoms with Gasteiger partial charge in [0.25, 0.3) is 0 Å². The molecule has 2 rings (SSSR count). The van der Waals surface area contributed by atoms with Crippen molar-refractivity contribution < 1.29 is 38.9 Å². The van der Waals surface area contributed by atoms with Crippen LogP contribution in [0.4, 0.5) is 4.79 Å². The van der Waals surface area contributed by atoms with Gasteiger partial charge in [0.1, 0.15) is 11.0 Å². The summed E-state index contributed by atoms with van der Waals surface area (Å²) in [5.41, 5.74) is 0.0902. The van der Waals surface area contributed by atoms with Crippen LogP contribution in [-0.2, 0) is 19.1 Å². The van der Waals surface area contributed by atoms with Crippen molar-refractivity contribution in [3.63, 3.8) is 0 Å². The Morgan fingerprint density at radius 3 is 2.47 bits per heavy atom. The summed E-state index contributed by atoms with van der Waals surface area (Å²) >= 11 is 1.15. The second-order valence-corrected chi connectivity index (χ2v) is 14.3. The lowest BCUT2D eigenvalue weighted by Crippen LogP contribution is -2.59. The van der Waals surface area contributed by atoms with Gasteiger partial charge in [-0.3, -0.25) is 14.5 Å². The smallest absolute Gasteiger partial charge is 0.407 e. The number of likely N-dealkylation sites (tertiary alicyclic amines) is 1. The van der Waals surface area contributed by atoms with Gasteiger partial charge in [-0.05, 0) is 51.6 Å². The van der Waals surface area contributed by atoms with E-state index in [2.05, 4.69) is 27.4 Å². The average Bonchev–Trinajstić information content (AvgIpc) is 3.58. The number of amides is 3. The first-order valence-electron chi connectivity index (χ1n) is 18.0. The third-order valence-electron chi connectivity index (χ3n) is 9.24. The summed E-state index contributed by atoms with van der Waals surface area (Å²) in [6.07, 6.45) is 4.42. The molecule has 49 heavy (non-hydrogen) atoms. The van der Waals surface area contributed by atoms with E-state index >= 15 is 0 Å². The zero-order valence-electron chi connectivity index (χ0n) is 30.6. The third-order valence-corrected chi connectivity index (χ3v) is 10.2. The van der Waals surface area contributed by atoms with Gasteiger partial charge in [-0.25, -0.2) is 14.6 Å². The molecule has 0 aromatic carbocycles. The topological polar surface area (TPSA) is 171 Å². The number of aromatic nitrogens is 1. The van der Waals surface area contributed by atoms with Crippen molar-refractivity contribution in [2.45, 2.75) is 130 Å². The summed E-state index contributed by atoms with van der Waals surface area (Å²) in [4.78, 5) is 62.1. The number of aliphatic hydroxyl groups excluding tert-OH is 2. The van der Waals surface area contributed by atoms with E-state index in [4.69, 9.17) is 9.47 Å². The number of likely N-dealkylation sites (N-methyl/N-ethyl adjacent to an activating group) is 1. The maximum absolute atomic E-state index is 14.7. The summed E-state index contributed by atoms with van der Waals surface area (Å²) in [6.45, 7) is 12.5. The highest BCUT2D eigenvalue weighted by Gasteiger charge is 2.38. The number of rotatable bonds is 21. The minimum atomic E-state index is -1.16. The first kappa shape index (κ1) is 42.4. The number of carbonyl (C=O) groups excluding carboxylic acids is 4. The van der Waals surface area contributed by atoms with Gasteiger partial charge in [0.05, 0.1) is 25.4 Å². The fraction of sp³-hybridized carbons (Fsp3) is 0.800. The molecule has 1 saturated heterocycles. The maximum atomic E-state index is 14.7. The minimum Gasteiger partial charge on any atom is -0.461 e. The average molecular weight is 712 g/mol. The number of aliphatic hydroxyl groups is 2. The predicted octanol–water partition coefficient (Wildman–Crippen LogP) is 4.28. The second kappa shape index (κ2) is 22.1. The van der Waals surface area contributed by atoms with Crippen LogP contribution < -0.4 is 10.6 Å². The molecule has 1 aromatic heterocycles. The van der Waals surface area contributed by atoms with Crippen LogP contribution in [0.5, 0.6) is 0 Å². The number of nitrogens with zero attached hydrogens (tertiary/aromatic N) is 3. The lowest BCUT2D eigenvalue weighted by Gasteiger charge is -2.40. The summed E-state index contributed by atoms with van der Waals surface area (Å²) in [5, 5.41) is 26.5. The lowest BCUT2D eigenvalue weighted by molar-refractivity contribution is -0.142. The number of piperidine rings is 1. The molecule has 6 atom stereocenters. The van der Waals surface area contributed by atoms with Gasteiger partial charge in [-0.1, -0.05) is 66.7 Å². The van der Waals surface area contributed by atoms with Crippen LogP contribution in [0, 0.1) is 11.8 Å². The van der Waals surface area contributed by atoms with Gasteiger partial charge in [0, 0.05) is 30.9 Å². The number of unbranched alkanes of at least 4 members (excludes halogenated alkanes) is 3. The number of nitrogens with one attached hydrogen (secondary N) is 2. The predicted molar refractivity (Wildman–Crippen MR) is 189 cm³/mol. The Kier molecular flexibility index (Phi) is 19.1. The van der Waals surface area contributed by atoms with Crippen LogP contribution in [-0.4, -0.2) is 113 Å². The van der Waals surface area contributed by atoms with Crippen LogP contribution in [0.25, 0.3) is 0 Å². The van der Waals surface area contributed by atoms with Gasteiger partial charge in [-0.15, -0.1) is 11.3 Å². The maximum Gasteiger partial charge on any atom is 0.407 e. The lowest BCUT2D eigenvalue weighted by atomic mass is 9.91. The summed E-state index contributed by atoms with van der Waals surface area (Å²) in [7, 11) is 1.95. The van der Waals surface area contributed by atoms with E-state index in [1.807, 2.05) is 39.6 Å². The Morgan fingerprint density at radius 2 is 1.86 bits per heavy atom. The second-order valence-electron chi connectivity index (χ2n) is 13.4. The Hall–Kier alpha value is -2.81. The molecule has 0 spiro atoms. The normalized spacial score (nSPS) is 18.2. The molecule has 280 valence electrons. The summed E-state index contributed by atoms with van der Waals surface area (Å²) in [6, 6.07) is -1.45. The molecule has 3 amide bonds. The van der Waals surface area contributed by atoms with Gasteiger partial charge in [-0.2, -0.15) is 0 Å². The third kappa shape index (κ3) is 13.4. The summed E-state index contributed by atoms with van der Waals surface area (Å²) < 4.78 is 11.0. The Labute approximate surface area is 296 Å². The number of ether oxygens (including phenoxy) is 2. The molecule has 1 aliphatic rings. The Bertz CT molecular complexity index is 1170. The highest BCUT2D eigenvalue weighted by Crippen LogP contribution is 2.32. The van der Waals surface area contributed by atoms with Gasteiger partial charge in [0.2, 0.25) is 11.8 Å². The Balaban J connectivity index is 2.49. The first-order chi connectivity index (χ1) is 23.4. The Morgan fingerprint density at radius 1 is 1.12 bits per heavy atom. The van der Waals surface area contributed by atoms with E-state index in [0.29, 0.717) is 18.0 Å². The number of carbonyl (C=O) groups is 4. The number of alkyl carbamates (subject to hydrolysis) is 1. The van der Waals surface area contributed by atoms with E-state index in [1.165, 1.54) is 0 Å². The number of hydrogen-bond acceptors (Lipinski definition) is 11. The molecule has 5 unspecified atom stereocenters. The summed E-state index contributed by atoms with van der Waals surface area (Å²) in [5.74, 6) is -1.11. The molecule has 1 aromatic rings. The van der Waals surface area contributed by atoms with E-state index in [0.717, 1.165) is 62.8 Å². The zero-order valence-corrected chi connectivity index (χ0v) is 31.4. The molecule has 0 saturated carbocycles. The fourth-order valence-corrected chi connectivity index (χ4v) is 6.84. The molecular weight excluding hydrogens is 650 g/mol. The fourth-order valence-electron chi connectivity index (χ4n) is 6.01. The van der Waals surface area contributed by atoms with Crippen LogP contribution >= 0.6 is 11.3 Å². The van der Waals surface area contributed by atoms with E-state index in [9.17, 15) is 29.4 Å². The van der Waals surface area contributed by atoms with Gasteiger partial charge in [0.15, 0.2) is 11.8 Å².